The number of rotatable bonds is 6. The Hall–Kier alpha value is -3.38. The third-order valence-electron chi connectivity index (χ3n) is 5.72. The molecule has 1 aliphatic rings. The normalized spacial score (nSPS) is 18.3. The fourth-order valence-electron chi connectivity index (χ4n) is 4.20. The second kappa shape index (κ2) is 7.80. The lowest BCUT2D eigenvalue weighted by Crippen LogP contribution is -2.27. The second-order valence-corrected chi connectivity index (χ2v) is 7.78. The van der Waals surface area contributed by atoms with Gasteiger partial charge in [0.15, 0.2) is 0 Å². The highest BCUT2D eigenvalue weighted by atomic mass is 16.5. The smallest absolute Gasteiger partial charge is 0.150 e. The number of methoxy groups -OCH3 is 1. The van der Waals surface area contributed by atoms with Crippen molar-refractivity contribution in [3.63, 3.8) is 0 Å². The van der Waals surface area contributed by atoms with Gasteiger partial charge in [-0.2, -0.15) is 0 Å². The summed E-state index contributed by atoms with van der Waals surface area (Å²) < 4.78 is 13.3. The van der Waals surface area contributed by atoms with Gasteiger partial charge in [0.1, 0.15) is 34.4 Å². The van der Waals surface area contributed by atoms with Crippen LogP contribution in [0.15, 0.2) is 67.0 Å². The Labute approximate surface area is 175 Å². The minimum atomic E-state index is 0.411. The van der Waals surface area contributed by atoms with E-state index in [2.05, 4.69) is 9.38 Å². The summed E-state index contributed by atoms with van der Waals surface area (Å²) in [5.74, 6) is 4.14. The fraction of sp³-hybridized carbons (Fsp3) is 0.250. The van der Waals surface area contributed by atoms with Crippen LogP contribution >= 0.6 is 0 Å². The standard InChI is InChI=1S/C24H24N4O2/c1-29-15-16-13-18(14-16)24-27-21(22-23(25)26-11-12-28(22)24)17-7-9-20(10-8-17)30-19-5-3-2-4-6-19/h2-12,16,18H,13-15H2,1H3,(H2,25,26)/t16-,18+. The van der Waals surface area contributed by atoms with Gasteiger partial charge in [-0.3, -0.25) is 4.40 Å². The summed E-state index contributed by atoms with van der Waals surface area (Å²) in [5.41, 5.74) is 8.97. The molecule has 0 amide bonds. The van der Waals surface area contributed by atoms with Gasteiger partial charge >= 0.3 is 0 Å². The number of hydrogen-bond donors (Lipinski definition) is 1. The summed E-state index contributed by atoms with van der Waals surface area (Å²) in [6, 6.07) is 17.7. The number of hydrogen-bond acceptors (Lipinski definition) is 5. The Kier molecular flexibility index (Phi) is 4.85. The number of fused-ring (bicyclic) bond motifs is 1. The van der Waals surface area contributed by atoms with Gasteiger partial charge in [0.2, 0.25) is 0 Å². The molecule has 0 aliphatic heterocycles. The van der Waals surface area contributed by atoms with E-state index in [-0.39, 0.29) is 0 Å². The largest absolute Gasteiger partial charge is 0.457 e. The van der Waals surface area contributed by atoms with Crippen LogP contribution in [0.3, 0.4) is 0 Å². The minimum Gasteiger partial charge on any atom is -0.457 e. The molecule has 2 heterocycles. The van der Waals surface area contributed by atoms with E-state index in [1.54, 1.807) is 13.3 Å². The maximum absolute atomic E-state index is 6.26. The molecule has 2 aromatic carbocycles. The van der Waals surface area contributed by atoms with Crippen LogP contribution in [0.4, 0.5) is 5.82 Å². The maximum Gasteiger partial charge on any atom is 0.150 e. The zero-order chi connectivity index (χ0) is 20.5. The maximum atomic E-state index is 6.26. The first-order valence-corrected chi connectivity index (χ1v) is 10.2. The van der Waals surface area contributed by atoms with Gasteiger partial charge in [0.05, 0.1) is 0 Å². The lowest BCUT2D eigenvalue weighted by molar-refractivity contribution is 0.0957. The molecule has 2 aromatic heterocycles. The summed E-state index contributed by atoms with van der Waals surface area (Å²) in [6.45, 7) is 0.805. The third kappa shape index (κ3) is 3.39. The van der Waals surface area contributed by atoms with Crippen LogP contribution in [-0.4, -0.2) is 28.1 Å². The van der Waals surface area contributed by atoms with Crippen LogP contribution < -0.4 is 10.5 Å². The van der Waals surface area contributed by atoms with Crippen LogP contribution in [0.25, 0.3) is 16.8 Å². The Morgan fingerprint density at radius 2 is 1.77 bits per heavy atom. The highest BCUT2D eigenvalue weighted by molar-refractivity contribution is 5.85. The van der Waals surface area contributed by atoms with Gasteiger partial charge in [0, 0.05) is 37.6 Å². The molecule has 4 aromatic rings. The van der Waals surface area contributed by atoms with Gasteiger partial charge in [-0.1, -0.05) is 18.2 Å². The van der Waals surface area contributed by atoms with Crippen molar-refractivity contribution < 1.29 is 9.47 Å². The van der Waals surface area contributed by atoms with Gasteiger partial charge < -0.3 is 15.2 Å². The molecular formula is C24H24N4O2. The number of imidazole rings is 1. The van der Waals surface area contributed by atoms with Crippen molar-refractivity contribution in [1.29, 1.82) is 0 Å². The first kappa shape index (κ1) is 18.6. The molecule has 0 saturated heterocycles. The quantitative estimate of drug-likeness (QED) is 0.498. The van der Waals surface area contributed by atoms with Crippen molar-refractivity contribution in [2.75, 3.05) is 19.5 Å². The monoisotopic (exact) mass is 400 g/mol. The van der Waals surface area contributed by atoms with Crippen LogP contribution in [0.5, 0.6) is 11.5 Å². The van der Waals surface area contributed by atoms with E-state index in [0.717, 1.165) is 53.5 Å². The summed E-state index contributed by atoms with van der Waals surface area (Å²) >= 11 is 0. The zero-order valence-electron chi connectivity index (χ0n) is 16.9. The van der Waals surface area contributed by atoms with Gasteiger partial charge in [-0.05, 0) is 55.2 Å². The number of aromatic nitrogens is 3. The van der Waals surface area contributed by atoms with Crippen molar-refractivity contribution >= 4 is 11.3 Å². The number of ether oxygens (including phenoxy) is 2. The number of para-hydroxylation sites is 1. The number of nitrogens with zero attached hydrogens (tertiary/aromatic N) is 3. The van der Waals surface area contributed by atoms with Crippen LogP contribution in [0.2, 0.25) is 0 Å². The number of nitrogen functional groups attached to an aromatic ring is 1. The minimum absolute atomic E-state index is 0.411. The van der Waals surface area contributed by atoms with Gasteiger partial charge in [-0.15, -0.1) is 0 Å². The second-order valence-electron chi connectivity index (χ2n) is 7.78. The lowest BCUT2D eigenvalue weighted by Gasteiger charge is -2.33. The van der Waals surface area contributed by atoms with E-state index < -0.39 is 0 Å². The molecule has 0 spiro atoms. The van der Waals surface area contributed by atoms with E-state index in [1.165, 1.54) is 0 Å². The average molecular weight is 400 g/mol. The molecule has 0 radical (unpaired) electrons. The summed E-state index contributed by atoms with van der Waals surface area (Å²) in [5, 5.41) is 0. The summed E-state index contributed by atoms with van der Waals surface area (Å²) in [6.07, 6.45) is 5.85. The molecule has 152 valence electrons. The van der Waals surface area contributed by atoms with Crippen molar-refractivity contribution in [2.45, 2.75) is 18.8 Å². The van der Waals surface area contributed by atoms with Gasteiger partial charge in [-0.25, -0.2) is 9.97 Å². The van der Waals surface area contributed by atoms with E-state index in [9.17, 15) is 0 Å². The fourth-order valence-corrected chi connectivity index (χ4v) is 4.20. The highest BCUT2D eigenvalue weighted by Gasteiger charge is 2.34. The topological polar surface area (TPSA) is 74.7 Å². The van der Waals surface area contributed by atoms with E-state index in [0.29, 0.717) is 17.7 Å². The van der Waals surface area contributed by atoms with Crippen molar-refractivity contribution in [2.24, 2.45) is 5.92 Å². The molecule has 6 nitrogen and oxygen atoms in total. The molecule has 1 fully saturated rings. The van der Waals surface area contributed by atoms with Gasteiger partial charge in [0.25, 0.3) is 0 Å². The van der Waals surface area contributed by atoms with Crippen LogP contribution in [0, 0.1) is 5.92 Å². The Balaban J connectivity index is 1.47. The third-order valence-corrected chi connectivity index (χ3v) is 5.72. The molecule has 0 bridgehead atoms. The molecule has 6 heteroatoms. The first-order chi connectivity index (χ1) is 14.7. The van der Waals surface area contributed by atoms with Crippen molar-refractivity contribution in [3.05, 3.63) is 72.8 Å². The van der Waals surface area contributed by atoms with E-state index in [4.69, 9.17) is 20.2 Å². The molecule has 5 rings (SSSR count). The predicted octanol–water partition coefficient (Wildman–Crippen LogP) is 4.91. The lowest BCUT2D eigenvalue weighted by atomic mass is 9.75. The Bertz CT molecular complexity index is 1150. The SMILES string of the molecule is COC[C@H]1C[C@@H](c2nc(-c3ccc(Oc4ccccc4)cc3)c3c(N)nccn32)C1. The van der Waals surface area contributed by atoms with Crippen LogP contribution in [-0.2, 0) is 4.74 Å². The van der Waals surface area contributed by atoms with Crippen molar-refractivity contribution in [1.82, 2.24) is 14.4 Å². The molecule has 0 unspecified atom stereocenters. The predicted molar refractivity (Wildman–Crippen MR) is 117 cm³/mol. The summed E-state index contributed by atoms with van der Waals surface area (Å²) in [7, 11) is 1.76. The molecular weight excluding hydrogens is 376 g/mol. The van der Waals surface area contributed by atoms with Crippen LogP contribution in [0.1, 0.15) is 24.6 Å². The number of benzene rings is 2. The Morgan fingerprint density at radius 1 is 1.03 bits per heavy atom. The molecule has 1 saturated carbocycles. The molecule has 0 atom stereocenters. The molecule has 30 heavy (non-hydrogen) atoms. The Morgan fingerprint density at radius 3 is 2.50 bits per heavy atom. The van der Waals surface area contributed by atoms with E-state index >= 15 is 0 Å². The molecule has 2 N–H and O–H groups in total. The zero-order valence-corrected chi connectivity index (χ0v) is 16.9. The average Bonchev–Trinajstić information content (AvgIpc) is 3.12. The highest BCUT2D eigenvalue weighted by Crippen LogP contribution is 2.43. The summed E-state index contributed by atoms with van der Waals surface area (Å²) in [4.78, 5) is 9.31. The number of anilines is 1. The molecule has 1 aliphatic carbocycles. The first-order valence-electron chi connectivity index (χ1n) is 10.2. The van der Waals surface area contributed by atoms with E-state index in [1.807, 2.05) is 60.8 Å². The number of nitrogens with two attached hydrogens (primary N) is 1. The van der Waals surface area contributed by atoms with Crippen molar-refractivity contribution in [3.8, 4) is 22.8 Å².